The predicted molar refractivity (Wildman–Crippen MR) is 83.9 cm³/mol. The zero-order valence-corrected chi connectivity index (χ0v) is 12.5. The lowest BCUT2D eigenvalue weighted by Gasteiger charge is -2.17. The first-order valence-electron chi connectivity index (χ1n) is 6.28. The van der Waals surface area contributed by atoms with Gasteiger partial charge in [0.2, 0.25) is 0 Å². The summed E-state index contributed by atoms with van der Waals surface area (Å²) in [6.45, 7) is 0. The molecule has 1 aromatic heterocycles. The molecule has 0 unspecified atom stereocenters. The number of nitrogens with one attached hydrogen (secondary N) is 1. The summed E-state index contributed by atoms with van der Waals surface area (Å²) in [7, 11) is 0. The number of amides is 3. The summed E-state index contributed by atoms with van der Waals surface area (Å²) in [5, 5.41) is 3.58. The molecule has 3 amide bonds. The number of carbonyl (C=O) groups excluding carboxylic acids is 2. The van der Waals surface area contributed by atoms with Crippen molar-refractivity contribution in [3.63, 3.8) is 0 Å². The monoisotopic (exact) mass is 321 g/mol. The molecule has 108 valence electrons. The van der Waals surface area contributed by atoms with E-state index in [4.69, 9.17) is 23.1 Å². The third-order valence-corrected chi connectivity index (χ3v) is 5.01. The molecule has 0 saturated carbocycles. The number of halogens is 1. The van der Waals surface area contributed by atoms with Crippen LogP contribution in [0.3, 0.4) is 0 Å². The van der Waals surface area contributed by atoms with Gasteiger partial charge in [-0.15, -0.1) is 11.3 Å². The van der Waals surface area contributed by atoms with Crippen molar-refractivity contribution in [1.29, 1.82) is 0 Å². The first-order valence-corrected chi connectivity index (χ1v) is 7.48. The average Bonchev–Trinajstić information content (AvgIpc) is 2.76. The first kappa shape index (κ1) is 13.9. The maximum atomic E-state index is 11.7. The van der Waals surface area contributed by atoms with Crippen LogP contribution < -0.4 is 16.8 Å². The van der Waals surface area contributed by atoms with Gasteiger partial charge >= 0.3 is 6.03 Å². The molecule has 7 heteroatoms. The normalized spacial score (nSPS) is 12.4. The van der Waals surface area contributed by atoms with Gasteiger partial charge in [0.15, 0.2) is 0 Å². The van der Waals surface area contributed by atoms with E-state index in [1.165, 1.54) is 11.3 Å². The van der Waals surface area contributed by atoms with E-state index < -0.39 is 11.9 Å². The molecule has 1 heterocycles. The van der Waals surface area contributed by atoms with Gasteiger partial charge in [-0.2, -0.15) is 0 Å². The minimum absolute atomic E-state index is 0.347. The van der Waals surface area contributed by atoms with Crippen LogP contribution in [-0.4, -0.2) is 11.9 Å². The Morgan fingerprint density at radius 3 is 2.57 bits per heavy atom. The van der Waals surface area contributed by atoms with Gasteiger partial charge in [-0.25, -0.2) is 4.79 Å². The summed E-state index contributed by atoms with van der Waals surface area (Å²) >= 11 is 7.52. The minimum atomic E-state index is -0.720. The number of hydrogen-bond donors (Lipinski definition) is 3. The van der Waals surface area contributed by atoms with Gasteiger partial charge in [0.25, 0.3) is 5.91 Å². The lowest BCUT2D eigenvalue weighted by Crippen LogP contribution is -2.22. The SMILES string of the molecule is NC(=O)Nc1sc2c(c1C(N)=O)CCc1c(Cl)cccc1-2. The van der Waals surface area contributed by atoms with Gasteiger partial charge in [-0.05, 0) is 35.6 Å². The van der Waals surface area contributed by atoms with Crippen LogP contribution in [-0.2, 0) is 12.8 Å². The number of anilines is 1. The Hall–Kier alpha value is -2.05. The van der Waals surface area contributed by atoms with Gasteiger partial charge < -0.3 is 11.5 Å². The third kappa shape index (κ3) is 2.26. The van der Waals surface area contributed by atoms with Crippen LogP contribution in [0.15, 0.2) is 18.2 Å². The average molecular weight is 322 g/mol. The molecule has 0 saturated heterocycles. The minimum Gasteiger partial charge on any atom is -0.365 e. The number of nitrogens with two attached hydrogens (primary N) is 2. The van der Waals surface area contributed by atoms with Crippen LogP contribution in [0.25, 0.3) is 10.4 Å². The predicted octanol–water partition coefficient (Wildman–Crippen LogP) is 2.76. The van der Waals surface area contributed by atoms with Gasteiger partial charge in [0, 0.05) is 9.90 Å². The Labute approximate surface area is 129 Å². The van der Waals surface area contributed by atoms with Crippen molar-refractivity contribution in [2.45, 2.75) is 12.8 Å². The second-order valence-corrected chi connectivity index (χ2v) is 6.16. The summed E-state index contributed by atoms with van der Waals surface area (Å²) in [5.41, 5.74) is 13.8. The molecule has 0 aliphatic heterocycles. The maximum Gasteiger partial charge on any atom is 0.317 e. The van der Waals surface area contributed by atoms with E-state index >= 15 is 0 Å². The highest BCUT2D eigenvalue weighted by Crippen LogP contribution is 2.46. The molecule has 0 fully saturated rings. The number of hydrogen-bond acceptors (Lipinski definition) is 3. The number of urea groups is 1. The van der Waals surface area contributed by atoms with Crippen molar-refractivity contribution in [1.82, 2.24) is 0 Å². The van der Waals surface area contributed by atoms with E-state index in [1.54, 1.807) is 0 Å². The standard InChI is InChI=1S/C14H12ClN3O2S/c15-9-3-1-2-7-6(9)4-5-8-10(12(16)19)13(18-14(17)20)21-11(7)8/h1-3H,4-5H2,(H2,16,19)(H3,17,18,20). The molecular formula is C14H12ClN3O2S. The Morgan fingerprint density at radius 2 is 1.90 bits per heavy atom. The number of benzene rings is 1. The highest BCUT2D eigenvalue weighted by Gasteiger charge is 2.28. The van der Waals surface area contributed by atoms with Crippen molar-refractivity contribution >= 4 is 39.9 Å². The van der Waals surface area contributed by atoms with E-state index in [0.29, 0.717) is 22.0 Å². The summed E-state index contributed by atoms with van der Waals surface area (Å²) in [6, 6.07) is 4.94. The molecule has 5 nitrogen and oxygen atoms in total. The van der Waals surface area contributed by atoms with Gasteiger partial charge in [-0.3, -0.25) is 10.1 Å². The van der Waals surface area contributed by atoms with Gasteiger partial charge in [0.1, 0.15) is 5.00 Å². The van der Waals surface area contributed by atoms with Crippen LogP contribution in [0, 0.1) is 0 Å². The third-order valence-electron chi connectivity index (χ3n) is 3.48. The fraction of sp³-hybridized carbons (Fsp3) is 0.143. The Kier molecular flexibility index (Phi) is 3.35. The molecule has 0 radical (unpaired) electrons. The van der Waals surface area contributed by atoms with E-state index in [2.05, 4.69) is 5.32 Å². The number of fused-ring (bicyclic) bond motifs is 3. The van der Waals surface area contributed by atoms with Crippen molar-refractivity contribution in [2.24, 2.45) is 11.5 Å². The number of carbonyl (C=O) groups is 2. The lowest BCUT2D eigenvalue weighted by atomic mass is 9.89. The van der Waals surface area contributed by atoms with Crippen LogP contribution in [0.1, 0.15) is 21.5 Å². The summed E-state index contributed by atoms with van der Waals surface area (Å²) in [4.78, 5) is 23.7. The Bertz CT molecular complexity index is 770. The summed E-state index contributed by atoms with van der Waals surface area (Å²) in [6.07, 6.45) is 1.39. The van der Waals surface area contributed by atoms with Gasteiger partial charge in [-0.1, -0.05) is 23.7 Å². The smallest absolute Gasteiger partial charge is 0.317 e. The number of thiophene rings is 1. The number of rotatable bonds is 2. The zero-order valence-electron chi connectivity index (χ0n) is 10.9. The highest BCUT2D eigenvalue weighted by atomic mass is 35.5. The van der Waals surface area contributed by atoms with Crippen LogP contribution >= 0.6 is 22.9 Å². The largest absolute Gasteiger partial charge is 0.365 e. The highest BCUT2D eigenvalue weighted by molar-refractivity contribution is 7.20. The molecule has 21 heavy (non-hydrogen) atoms. The summed E-state index contributed by atoms with van der Waals surface area (Å²) in [5.74, 6) is -0.568. The molecule has 0 atom stereocenters. The van der Waals surface area contributed by atoms with Crippen molar-refractivity contribution in [3.8, 4) is 10.4 Å². The molecule has 1 aromatic carbocycles. The number of primary amides is 2. The van der Waals surface area contributed by atoms with Crippen LogP contribution in [0.2, 0.25) is 5.02 Å². The topological polar surface area (TPSA) is 98.2 Å². The molecule has 1 aliphatic carbocycles. The molecule has 2 aromatic rings. The molecule has 1 aliphatic rings. The fourth-order valence-electron chi connectivity index (χ4n) is 2.66. The molecule has 0 bridgehead atoms. The summed E-state index contributed by atoms with van der Waals surface area (Å²) < 4.78 is 0. The second kappa shape index (κ2) is 5.05. The van der Waals surface area contributed by atoms with Crippen LogP contribution in [0.4, 0.5) is 9.80 Å². The van der Waals surface area contributed by atoms with Crippen molar-refractivity contribution in [2.75, 3.05) is 5.32 Å². The Morgan fingerprint density at radius 1 is 1.19 bits per heavy atom. The van der Waals surface area contributed by atoms with Crippen LogP contribution in [0.5, 0.6) is 0 Å². The Balaban J connectivity index is 2.23. The van der Waals surface area contributed by atoms with E-state index in [1.807, 2.05) is 18.2 Å². The maximum absolute atomic E-state index is 11.7. The van der Waals surface area contributed by atoms with Crippen molar-refractivity contribution < 1.29 is 9.59 Å². The van der Waals surface area contributed by atoms with E-state index in [-0.39, 0.29) is 0 Å². The zero-order chi connectivity index (χ0) is 15.1. The molecule has 5 N–H and O–H groups in total. The van der Waals surface area contributed by atoms with E-state index in [0.717, 1.165) is 28.0 Å². The molecular weight excluding hydrogens is 310 g/mol. The lowest BCUT2D eigenvalue weighted by molar-refractivity contribution is 0.100. The van der Waals surface area contributed by atoms with Gasteiger partial charge in [0.05, 0.1) is 5.56 Å². The first-order chi connectivity index (χ1) is 9.99. The van der Waals surface area contributed by atoms with Crippen molar-refractivity contribution in [3.05, 3.63) is 39.9 Å². The fourth-order valence-corrected chi connectivity index (χ4v) is 4.24. The quantitative estimate of drug-likeness (QED) is 0.792. The molecule has 3 rings (SSSR count). The molecule has 0 spiro atoms. The van der Waals surface area contributed by atoms with E-state index in [9.17, 15) is 9.59 Å². The second-order valence-electron chi connectivity index (χ2n) is 4.73.